The highest BCUT2D eigenvalue weighted by Crippen LogP contribution is 2.14. The molecule has 31 heavy (non-hydrogen) atoms. The quantitative estimate of drug-likeness (QED) is 0.334. The third-order valence-electron chi connectivity index (χ3n) is 4.35. The van der Waals surface area contributed by atoms with Crippen LogP contribution in [0.2, 0.25) is 0 Å². The van der Waals surface area contributed by atoms with Gasteiger partial charge in [-0.25, -0.2) is 9.82 Å². The van der Waals surface area contributed by atoms with Crippen LogP contribution in [0.3, 0.4) is 0 Å². The molecule has 0 fully saturated rings. The molecule has 1 heterocycles. The van der Waals surface area contributed by atoms with Crippen molar-refractivity contribution in [3.63, 3.8) is 0 Å². The average Bonchev–Trinajstić information content (AvgIpc) is 3.26. The number of carbonyl (C=O) groups is 1. The minimum Gasteiger partial charge on any atom is -0.267 e. The molecule has 0 spiro atoms. The Labute approximate surface area is 185 Å². The molecule has 0 atom stereocenters. The molecule has 0 aliphatic rings. The molecule has 1 N–H and O–H groups in total. The van der Waals surface area contributed by atoms with E-state index in [2.05, 4.69) is 41.9 Å². The van der Waals surface area contributed by atoms with Crippen molar-refractivity contribution in [3.05, 3.63) is 99.8 Å². The van der Waals surface area contributed by atoms with E-state index in [4.69, 9.17) is 0 Å². The van der Waals surface area contributed by atoms with Gasteiger partial charge in [0.1, 0.15) is 5.82 Å². The molecule has 4 rings (SSSR count). The van der Waals surface area contributed by atoms with Gasteiger partial charge in [-0.1, -0.05) is 58.4 Å². The molecule has 0 unspecified atom stereocenters. The second kappa shape index (κ2) is 9.40. The molecule has 1 amide bonds. The first-order valence-electron chi connectivity index (χ1n) is 9.29. The van der Waals surface area contributed by atoms with Gasteiger partial charge in [0.25, 0.3) is 5.91 Å². The van der Waals surface area contributed by atoms with Crippen LogP contribution >= 0.6 is 15.9 Å². The summed E-state index contributed by atoms with van der Waals surface area (Å²) in [5.41, 5.74) is 4.88. The number of aromatic nitrogens is 4. The van der Waals surface area contributed by atoms with Crippen LogP contribution in [0, 0.1) is 5.82 Å². The molecule has 7 nitrogen and oxygen atoms in total. The number of hydrogen-bond donors (Lipinski definition) is 1. The van der Waals surface area contributed by atoms with Crippen LogP contribution in [0.1, 0.15) is 21.5 Å². The lowest BCUT2D eigenvalue weighted by molar-refractivity contribution is 0.0955. The first-order valence-corrected chi connectivity index (χ1v) is 10.1. The van der Waals surface area contributed by atoms with E-state index in [1.807, 2.05) is 30.3 Å². The highest BCUT2D eigenvalue weighted by atomic mass is 79.9. The maximum absolute atomic E-state index is 13.7. The number of rotatable bonds is 6. The van der Waals surface area contributed by atoms with Gasteiger partial charge in [0.15, 0.2) is 0 Å². The fourth-order valence-corrected chi connectivity index (χ4v) is 3.16. The summed E-state index contributed by atoms with van der Waals surface area (Å²) in [6, 6.07) is 21.0. The van der Waals surface area contributed by atoms with Gasteiger partial charge in [-0.15, -0.1) is 10.2 Å². The summed E-state index contributed by atoms with van der Waals surface area (Å²) in [5.74, 6) is -0.275. The van der Waals surface area contributed by atoms with Gasteiger partial charge in [-0.05, 0) is 41.1 Å². The van der Waals surface area contributed by atoms with Crippen molar-refractivity contribution < 1.29 is 9.18 Å². The Morgan fingerprint density at radius 1 is 1.10 bits per heavy atom. The van der Waals surface area contributed by atoms with Crippen molar-refractivity contribution in [2.45, 2.75) is 6.54 Å². The Bertz CT molecular complexity index is 1220. The van der Waals surface area contributed by atoms with E-state index in [1.165, 1.54) is 17.1 Å². The second-order valence-corrected chi connectivity index (χ2v) is 7.49. The third-order valence-corrected chi connectivity index (χ3v) is 4.85. The molecular weight excluding hydrogens is 463 g/mol. The van der Waals surface area contributed by atoms with Gasteiger partial charge >= 0.3 is 0 Å². The highest BCUT2D eigenvalue weighted by Gasteiger charge is 2.08. The van der Waals surface area contributed by atoms with Gasteiger partial charge in [0, 0.05) is 21.2 Å². The van der Waals surface area contributed by atoms with Crippen molar-refractivity contribution in [2.24, 2.45) is 5.10 Å². The van der Waals surface area contributed by atoms with E-state index in [9.17, 15) is 9.18 Å². The highest BCUT2D eigenvalue weighted by molar-refractivity contribution is 9.10. The van der Waals surface area contributed by atoms with Gasteiger partial charge in [0.05, 0.1) is 12.8 Å². The van der Waals surface area contributed by atoms with E-state index in [1.54, 1.807) is 36.4 Å². The summed E-state index contributed by atoms with van der Waals surface area (Å²) in [7, 11) is 0. The van der Waals surface area contributed by atoms with Crippen molar-refractivity contribution >= 4 is 28.1 Å². The lowest BCUT2D eigenvalue weighted by Gasteiger charge is -2.03. The third kappa shape index (κ3) is 5.26. The summed E-state index contributed by atoms with van der Waals surface area (Å²) in [6.45, 7) is 0.419. The van der Waals surface area contributed by atoms with Crippen LogP contribution in [-0.4, -0.2) is 32.3 Å². The normalized spacial score (nSPS) is 11.0. The van der Waals surface area contributed by atoms with E-state index >= 15 is 0 Å². The number of hydrazone groups is 1. The molecule has 3 aromatic carbocycles. The maximum Gasteiger partial charge on any atom is 0.271 e. The van der Waals surface area contributed by atoms with Crippen molar-refractivity contribution in [1.82, 2.24) is 25.6 Å². The molecule has 0 saturated carbocycles. The van der Waals surface area contributed by atoms with Crippen LogP contribution in [0.4, 0.5) is 4.39 Å². The number of tetrazole rings is 1. The molecule has 0 radical (unpaired) electrons. The topological polar surface area (TPSA) is 85.1 Å². The largest absolute Gasteiger partial charge is 0.271 e. The zero-order valence-electron chi connectivity index (χ0n) is 16.1. The van der Waals surface area contributed by atoms with E-state index in [0.717, 1.165) is 15.6 Å². The van der Waals surface area contributed by atoms with Crippen molar-refractivity contribution in [2.75, 3.05) is 0 Å². The average molecular weight is 479 g/mol. The Morgan fingerprint density at radius 2 is 1.87 bits per heavy atom. The molecule has 0 aliphatic carbocycles. The van der Waals surface area contributed by atoms with Crippen LogP contribution in [0.15, 0.2) is 82.4 Å². The number of hydrogen-bond acceptors (Lipinski definition) is 5. The van der Waals surface area contributed by atoms with Crippen LogP contribution in [0.5, 0.6) is 0 Å². The van der Waals surface area contributed by atoms with E-state index in [-0.39, 0.29) is 5.56 Å². The predicted molar refractivity (Wildman–Crippen MR) is 118 cm³/mol. The molecular formula is C22H16BrFN6O. The fourth-order valence-electron chi connectivity index (χ4n) is 2.78. The number of nitrogens with one attached hydrogen (secondary N) is 1. The van der Waals surface area contributed by atoms with E-state index in [0.29, 0.717) is 17.9 Å². The lowest BCUT2D eigenvalue weighted by atomic mass is 10.1. The Morgan fingerprint density at radius 3 is 2.65 bits per heavy atom. The number of carbonyl (C=O) groups excluding carboxylic acids is 1. The van der Waals surface area contributed by atoms with Crippen LogP contribution < -0.4 is 5.43 Å². The molecule has 154 valence electrons. The Kier molecular flexibility index (Phi) is 6.23. The molecule has 4 aromatic rings. The smallest absolute Gasteiger partial charge is 0.267 e. The number of halogens is 2. The summed E-state index contributed by atoms with van der Waals surface area (Å²) >= 11 is 3.27. The molecule has 0 saturated heterocycles. The van der Waals surface area contributed by atoms with Gasteiger partial charge < -0.3 is 0 Å². The molecule has 9 heteroatoms. The maximum atomic E-state index is 13.7. The van der Waals surface area contributed by atoms with Crippen LogP contribution in [-0.2, 0) is 6.54 Å². The predicted octanol–water partition coefficient (Wildman–Crippen LogP) is 4.05. The SMILES string of the molecule is O=C(N/N=C/c1cc(Br)ccc1F)c1ccc(Cn2nnc(-c3ccccc3)n2)cc1. The minimum atomic E-state index is -0.428. The zero-order chi connectivity index (χ0) is 21.6. The summed E-state index contributed by atoms with van der Waals surface area (Å²) in [6.07, 6.45) is 1.26. The van der Waals surface area contributed by atoms with Crippen LogP contribution in [0.25, 0.3) is 11.4 Å². The number of nitrogens with zero attached hydrogens (tertiary/aromatic N) is 5. The first kappa shape index (κ1) is 20.5. The monoisotopic (exact) mass is 478 g/mol. The lowest BCUT2D eigenvalue weighted by Crippen LogP contribution is -2.17. The molecule has 0 aliphatic heterocycles. The van der Waals surface area contributed by atoms with Crippen molar-refractivity contribution in [3.8, 4) is 11.4 Å². The number of benzene rings is 3. The number of amides is 1. The molecule has 0 bridgehead atoms. The Balaban J connectivity index is 1.37. The van der Waals surface area contributed by atoms with Gasteiger partial charge in [-0.3, -0.25) is 4.79 Å². The standard InChI is InChI=1S/C22H16BrFN6O/c23-19-10-11-20(24)18(12-19)13-25-27-22(31)17-8-6-15(7-9-17)14-30-28-21(26-29-30)16-4-2-1-3-5-16/h1-13H,14H2,(H,27,31)/b25-13+. The van der Waals surface area contributed by atoms with E-state index < -0.39 is 11.7 Å². The summed E-state index contributed by atoms with van der Waals surface area (Å²) in [4.78, 5) is 13.7. The molecule has 1 aromatic heterocycles. The minimum absolute atomic E-state index is 0.264. The summed E-state index contributed by atoms with van der Waals surface area (Å²) < 4.78 is 14.4. The Hall–Kier alpha value is -3.72. The van der Waals surface area contributed by atoms with Gasteiger partial charge in [-0.2, -0.15) is 9.90 Å². The first-order chi connectivity index (χ1) is 15.1. The zero-order valence-corrected chi connectivity index (χ0v) is 17.7. The van der Waals surface area contributed by atoms with Crippen molar-refractivity contribution in [1.29, 1.82) is 0 Å². The summed E-state index contributed by atoms with van der Waals surface area (Å²) in [5, 5.41) is 16.3. The second-order valence-electron chi connectivity index (χ2n) is 6.57. The van der Waals surface area contributed by atoms with Gasteiger partial charge in [0.2, 0.25) is 5.82 Å². The fraction of sp³-hybridized carbons (Fsp3) is 0.0455.